The fourth-order valence-corrected chi connectivity index (χ4v) is 1.64. The van der Waals surface area contributed by atoms with Crippen LogP contribution in [0.1, 0.15) is 38.7 Å². The van der Waals surface area contributed by atoms with Crippen LogP contribution in [0.5, 0.6) is 5.75 Å². The smallest absolute Gasteiger partial charge is 0.119 e. The van der Waals surface area contributed by atoms with E-state index in [4.69, 9.17) is 10.5 Å². The monoisotopic (exact) mass is 221 g/mol. The minimum atomic E-state index is 0.274. The van der Waals surface area contributed by atoms with Crippen molar-refractivity contribution in [3.63, 3.8) is 0 Å². The molecule has 16 heavy (non-hydrogen) atoms. The van der Waals surface area contributed by atoms with Crippen molar-refractivity contribution < 1.29 is 4.74 Å². The highest BCUT2D eigenvalue weighted by atomic mass is 16.5. The molecule has 1 unspecified atom stereocenters. The summed E-state index contributed by atoms with van der Waals surface area (Å²) < 4.78 is 5.63. The molecule has 0 radical (unpaired) electrons. The maximum absolute atomic E-state index is 5.67. The molecule has 90 valence electrons. The predicted molar refractivity (Wildman–Crippen MR) is 68.8 cm³/mol. The summed E-state index contributed by atoms with van der Waals surface area (Å²) in [4.78, 5) is 0. The van der Waals surface area contributed by atoms with Gasteiger partial charge in [-0.1, -0.05) is 25.5 Å². The second-order valence-corrected chi connectivity index (χ2v) is 4.36. The first kappa shape index (κ1) is 13.0. The Morgan fingerprint density at radius 1 is 1.25 bits per heavy atom. The summed E-state index contributed by atoms with van der Waals surface area (Å²) >= 11 is 0. The Hall–Kier alpha value is -1.02. The average molecular weight is 221 g/mol. The molecule has 0 fully saturated rings. The van der Waals surface area contributed by atoms with Crippen molar-refractivity contribution in [3.05, 3.63) is 29.8 Å². The highest BCUT2D eigenvalue weighted by molar-refractivity contribution is 5.27. The number of rotatable bonds is 7. The predicted octanol–water partition coefficient (Wildman–Crippen LogP) is 3.15. The molecule has 2 N–H and O–H groups in total. The maximum atomic E-state index is 5.67. The summed E-state index contributed by atoms with van der Waals surface area (Å²) in [6.07, 6.45) is 4.38. The van der Waals surface area contributed by atoms with Crippen molar-refractivity contribution in [1.29, 1.82) is 0 Å². The van der Waals surface area contributed by atoms with Gasteiger partial charge in [0.05, 0.1) is 6.61 Å². The van der Waals surface area contributed by atoms with Gasteiger partial charge in [0.1, 0.15) is 5.75 Å². The average Bonchev–Trinajstić information content (AvgIpc) is 2.27. The van der Waals surface area contributed by atoms with E-state index in [1.165, 1.54) is 12.0 Å². The van der Waals surface area contributed by atoms with Crippen LogP contribution in [0.2, 0.25) is 0 Å². The third-order valence-corrected chi connectivity index (χ3v) is 2.53. The van der Waals surface area contributed by atoms with E-state index in [0.717, 1.165) is 31.6 Å². The maximum Gasteiger partial charge on any atom is 0.119 e. The number of benzene rings is 1. The zero-order valence-electron chi connectivity index (χ0n) is 10.4. The molecule has 1 aromatic carbocycles. The Balaban J connectivity index is 2.26. The molecule has 0 bridgehead atoms. The van der Waals surface area contributed by atoms with Crippen molar-refractivity contribution in [2.24, 2.45) is 5.73 Å². The summed E-state index contributed by atoms with van der Waals surface area (Å²) in [6.45, 7) is 4.98. The van der Waals surface area contributed by atoms with Crippen molar-refractivity contribution in [2.75, 3.05) is 6.61 Å². The molecular formula is C14H23NO. The molecule has 0 aliphatic heterocycles. The Kier molecular flexibility index (Phi) is 5.94. The third kappa shape index (κ3) is 5.17. The Labute approximate surface area is 98.8 Å². The molecule has 1 aromatic rings. The Morgan fingerprint density at radius 2 is 1.94 bits per heavy atom. The van der Waals surface area contributed by atoms with E-state index in [9.17, 15) is 0 Å². The van der Waals surface area contributed by atoms with Crippen LogP contribution < -0.4 is 10.5 Å². The molecule has 0 heterocycles. The number of ether oxygens (including phenoxy) is 1. The van der Waals surface area contributed by atoms with Crippen molar-refractivity contribution in [1.82, 2.24) is 0 Å². The fourth-order valence-electron chi connectivity index (χ4n) is 1.64. The Morgan fingerprint density at radius 3 is 2.50 bits per heavy atom. The highest BCUT2D eigenvalue weighted by Crippen LogP contribution is 2.13. The lowest BCUT2D eigenvalue weighted by Crippen LogP contribution is -2.15. The van der Waals surface area contributed by atoms with E-state index < -0.39 is 0 Å². The van der Waals surface area contributed by atoms with Gasteiger partial charge in [-0.2, -0.15) is 0 Å². The van der Waals surface area contributed by atoms with Crippen LogP contribution in [-0.2, 0) is 6.42 Å². The van der Waals surface area contributed by atoms with Gasteiger partial charge in [-0.05, 0) is 43.9 Å². The fraction of sp³-hybridized carbons (Fsp3) is 0.571. The van der Waals surface area contributed by atoms with Gasteiger partial charge in [-0.15, -0.1) is 0 Å². The van der Waals surface area contributed by atoms with Gasteiger partial charge in [0.15, 0.2) is 0 Å². The summed E-state index contributed by atoms with van der Waals surface area (Å²) in [7, 11) is 0. The molecule has 1 atom stereocenters. The van der Waals surface area contributed by atoms with Gasteiger partial charge in [-0.25, -0.2) is 0 Å². The topological polar surface area (TPSA) is 35.2 Å². The zero-order chi connectivity index (χ0) is 11.8. The molecular weight excluding hydrogens is 198 g/mol. The van der Waals surface area contributed by atoms with E-state index >= 15 is 0 Å². The minimum absolute atomic E-state index is 0.274. The summed E-state index contributed by atoms with van der Waals surface area (Å²) in [6, 6.07) is 8.67. The van der Waals surface area contributed by atoms with Crippen molar-refractivity contribution in [2.45, 2.75) is 45.6 Å². The molecule has 2 heteroatoms. The normalized spacial score (nSPS) is 12.4. The summed E-state index contributed by atoms with van der Waals surface area (Å²) in [5.41, 5.74) is 7.05. The van der Waals surface area contributed by atoms with Gasteiger partial charge < -0.3 is 10.5 Å². The van der Waals surface area contributed by atoms with Crippen LogP contribution in [-0.4, -0.2) is 12.6 Å². The largest absolute Gasteiger partial charge is 0.494 e. The van der Waals surface area contributed by atoms with Gasteiger partial charge in [0.2, 0.25) is 0 Å². The van der Waals surface area contributed by atoms with E-state index in [0.29, 0.717) is 0 Å². The van der Waals surface area contributed by atoms with Gasteiger partial charge in [0, 0.05) is 6.04 Å². The molecule has 0 aliphatic rings. The lowest BCUT2D eigenvalue weighted by atomic mass is 10.1. The first-order valence-electron chi connectivity index (χ1n) is 6.19. The molecule has 0 amide bonds. The molecule has 1 rings (SSSR count). The van der Waals surface area contributed by atoms with Crippen LogP contribution in [0, 0.1) is 0 Å². The van der Waals surface area contributed by atoms with Gasteiger partial charge in [-0.3, -0.25) is 0 Å². The summed E-state index contributed by atoms with van der Waals surface area (Å²) in [5.74, 6) is 0.963. The number of hydrogen-bond donors (Lipinski definition) is 1. The van der Waals surface area contributed by atoms with Crippen LogP contribution >= 0.6 is 0 Å². The standard InChI is InChI=1S/C14H23NO/c1-3-5-13-7-9-14(10-8-13)16-11-4-6-12(2)15/h7-10,12H,3-6,11,15H2,1-2H3. The highest BCUT2D eigenvalue weighted by Gasteiger charge is 1.97. The lowest BCUT2D eigenvalue weighted by Gasteiger charge is -2.08. The van der Waals surface area contributed by atoms with Crippen LogP contribution in [0.3, 0.4) is 0 Å². The van der Waals surface area contributed by atoms with Crippen LogP contribution in [0.15, 0.2) is 24.3 Å². The van der Waals surface area contributed by atoms with Crippen LogP contribution in [0.25, 0.3) is 0 Å². The molecule has 2 nitrogen and oxygen atoms in total. The summed E-state index contributed by atoms with van der Waals surface area (Å²) in [5, 5.41) is 0. The molecule has 0 saturated heterocycles. The van der Waals surface area contributed by atoms with Crippen LogP contribution in [0.4, 0.5) is 0 Å². The van der Waals surface area contributed by atoms with E-state index in [-0.39, 0.29) is 6.04 Å². The van der Waals surface area contributed by atoms with E-state index in [1.807, 2.05) is 6.92 Å². The van der Waals surface area contributed by atoms with E-state index in [1.54, 1.807) is 0 Å². The number of nitrogens with two attached hydrogens (primary N) is 1. The Bertz CT molecular complexity index is 279. The SMILES string of the molecule is CCCc1ccc(OCCCC(C)N)cc1. The lowest BCUT2D eigenvalue weighted by molar-refractivity contribution is 0.303. The number of hydrogen-bond acceptors (Lipinski definition) is 2. The van der Waals surface area contributed by atoms with Gasteiger partial charge >= 0.3 is 0 Å². The number of aryl methyl sites for hydroxylation is 1. The van der Waals surface area contributed by atoms with E-state index in [2.05, 4.69) is 31.2 Å². The second kappa shape index (κ2) is 7.29. The minimum Gasteiger partial charge on any atom is -0.494 e. The quantitative estimate of drug-likeness (QED) is 0.718. The van der Waals surface area contributed by atoms with Crippen molar-refractivity contribution >= 4 is 0 Å². The molecule has 0 aromatic heterocycles. The zero-order valence-corrected chi connectivity index (χ0v) is 10.4. The molecule has 0 saturated carbocycles. The molecule has 0 spiro atoms. The van der Waals surface area contributed by atoms with Gasteiger partial charge in [0.25, 0.3) is 0 Å². The first-order chi connectivity index (χ1) is 7.72. The molecule has 0 aliphatic carbocycles. The first-order valence-corrected chi connectivity index (χ1v) is 6.19. The third-order valence-electron chi connectivity index (χ3n) is 2.53. The van der Waals surface area contributed by atoms with Crippen molar-refractivity contribution in [3.8, 4) is 5.75 Å². The second-order valence-electron chi connectivity index (χ2n) is 4.36.